The van der Waals surface area contributed by atoms with Gasteiger partial charge in [-0.15, -0.1) is 0 Å². The molecule has 68 valence electrons. The van der Waals surface area contributed by atoms with E-state index >= 15 is 0 Å². The number of rotatable bonds is 4. The van der Waals surface area contributed by atoms with Gasteiger partial charge < -0.3 is 5.32 Å². The van der Waals surface area contributed by atoms with Crippen molar-refractivity contribution in [3.8, 4) is 0 Å². The van der Waals surface area contributed by atoms with Crippen LogP contribution in [0, 0.1) is 0 Å². The van der Waals surface area contributed by atoms with E-state index in [-0.39, 0.29) is 1.43 Å². The lowest BCUT2D eigenvalue weighted by Gasteiger charge is -2.05. The predicted molar refractivity (Wildman–Crippen MR) is 60.7 cm³/mol. The maximum atomic E-state index is 3.70. The van der Waals surface area contributed by atoms with Gasteiger partial charge in [0.25, 0.3) is 0 Å². The molecule has 0 amide bonds. The largest absolute Gasteiger partial charge is 0.356 e. The number of nitrogens with one attached hydrogen (secondary N) is 1. The molecule has 0 saturated heterocycles. The maximum absolute atomic E-state index is 3.70. The van der Waals surface area contributed by atoms with Crippen molar-refractivity contribution >= 4 is 5.69 Å². The Labute approximate surface area is 80.6 Å². The predicted octanol–water partition coefficient (Wildman–Crippen LogP) is 3.60. The first-order chi connectivity index (χ1) is 6.36. The van der Waals surface area contributed by atoms with Crippen LogP contribution < -0.4 is 5.32 Å². The Morgan fingerprint density at radius 1 is 1.23 bits per heavy atom. The average Bonchev–Trinajstić information content (AvgIpc) is 2.19. The van der Waals surface area contributed by atoms with Crippen molar-refractivity contribution in [3.63, 3.8) is 0 Å². The third kappa shape index (κ3) is 2.99. The van der Waals surface area contributed by atoms with E-state index in [0.29, 0.717) is 0 Å². The summed E-state index contributed by atoms with van der Waals surface area (Å²) in [5.74, 6) is 0. The zero-order valence-corrected chi connectivity index (χ0v) is 7.53. The molecule has 1 rings (SSSR count). The lowest BCUT2D eigenvalue weighted by atomic mass is 10.3. The molecule has 0 aliphatic heterocycles. The summed E-state index contributed by atoms with van der Waals surface area (Å²) in [6, 6.07) is 9.95. The highest BCUT2D eigenvalue weighted by atomic mass is 14.9. The molecule has 0 bridgehead atoms. The van der Waals surface area contributed by atoms with Gasteiger partial charge in [-0.1, -0.05) is 37.4 Å². The van der Waals surface area contributed by atoms with Gasteiger partial charge in [-0.2, -0.15) is 0 Å². The normalized spacial score (nSPS) is 10.6. The molecule has 1 heteroatoms. The van der Waals surface area contributed by atoms with Crippen LogP contribution in [0.15, 0.2) is 67.4 Å². The van der Waals surface area contributed by atoms with E-state index in [4.69, 9.17) is 0 Å². The van der Waals surface area contributed by atoms with Gasteiger partial charge in [-0.05, 0) is 24.3 Å². The van der Waals surface area contributed by atoms with E-state index in [9.17, 15) is 0 Å². The molecule has 1 aromatic carbocycles. The van der Waals surface area contributed by atoms with Gasteiger partial charge in [-0.25, -0.2) is 0 Å². The number of para-hydroxylation sites is 1. The van der Waals surface area contributed by atoms with Gasteiger partial charge in [0.1, 0.15) is 0 Å². The van der Waals surface area contributed by atoms with E-state index in [2.05, 4.69) is 18.5 Å². The van der Waals surface area contributed by atoms with E-state index in [1.54, 1.807) is 12.2 Å². The summed E-state index contributed by atoms with van der Waals surface area (Å²) >= 11 is 0. The fraction of sp³-hybridized carbons (Fsp3) is 0. The Hall–Kier alpha value is -1.76. The summed E-state index contributed by atoms with van der Waals surface area (Å²) in [5, 5.41) is 3.20. The molecular formula is C12H15N. The Morgan fingerprint density at radius 2 is 1.92 bits per heavy atom. The second-order valence-corrected chi connectivity index (χ2v) is 2.55. The van der Waals surface area contributed by atoms with Crippen molar-refractivity contribution < 1.29 is 1.43 Å². The van der Waals surface area contributed by atoms with Crippen LogP contribution in [0.4, 0.5) is 5.69 Å². The van der Waals surface area contributed by atoms with Crippen LogP contribution >= 0.6 is 0 Å². The fourth-order valence-electron chi connectivity index (χ4n) is 0.976. The van der Waals surface area contributed by atoms with Crippen LogP contribution in [-0.2, 0) is 0 Å². The summed E-state index contributed by atoms with van der Waals surface area (Å²) in [6.07, 6.45) is 5.36. The summed E-state index contributed by atoms with van der Waals surface area (Å²) in [7, 11) is 0. The summed E-state index contributed by atoms with van der Waals surface area (Å²) in [6.45, 7) is 7.32. The molecule has 1 N–H and O–H groups in total. The van der Waals surface area contributed by atoms with Crippen molar-refractivity contribution in [3.05, 3.63) is 67.4 Å². The monoisotopic (exact) mass is 173 g/mol. The molecular weight excluding hydrogens is 158 g/mol. The molecule has 0 fully saturated rings. The zero-order chi connectivity index (χ0) is 9.52. The molecule has 0 heterocycles. The van der Waals surface area contributed by atoms with Crippen LogP contribution in [0.2, 0.25) is 0 Å². The third-order valence-electron chi connectivity index (χ3n) is 1.58. The molecule has 1 aromatic rings. The number of benzene rings is 1. The molecule has 1 nitrogen and oxygen atoms in total. The van der Waals surface area contributed by atoms with E-state index in [1.165, 1.54) is 0 Å². The average molecular weight is 173 g/mol. The second-order valence-electron chi connectivity index (χ2n) is 2.55. The van der Waals surface area contributed by atoms with Gasteiger partial charge in [0.05, 0.1) is 0 Å². The second kappa shape index (κ2) is 4.99. The topological polar surface area (TPSA) is 12.0 Å². The summed E-state index contributed by atoms with van der Waals surface area (Å²) < 4.78 is 0. The Kier molecular flexibility index (Phi) is 3.58. The third-order valence-corrected chi connectivity index (χ3v) is 1.58. The van der Waals surface area contributed by atoms with Crippen molar-refractivity contribution in [1.82, 2.24) is 0 Å². The first-order valence-corrected chi connectivity index (χ1v) is 4.14. The minimum absolute atomic E-state index is 0. The molecule has 0 spiro atoms. The Bertz CT molecular complexity index is 314. The standard InChI is InChI=1S/C12H13N.H2/c1-3-8-11(4-2)13-12-9-6-5-7-10-12;/h3-10,13H,1-2H2;1H/b11-8+;. The van der Waals surface area contributed by atoms with Crippen LogP contribution in [0.1, 0.15) is 1.43 Å². The maximum Gasteiger partial charge on any atom is 0.0384 e. The Balaban J connectivity index is 0.00000169. The van der Waals surface area contributed by atoms with Gasteiger partial charge >= 0.3 is 0 Å². The quantitative estimate of drug-likeness (QED) is 0.686. The minimum atomic E-state index is 0. The fourth-order valence-corrected chi connectivity index (χ4v) is 0.976. The number of hydrogen-bond acceptors (Lipinski definition) is 1. The first kappa shape index (κ1) is 9.33. The highest BCUT2D eigenvalue weighted by Crippen LogP contribution is 2.09. The van der Waals surface area contributed by atoms with E-state index in [0.717, 1.165) is 11.4 Å². The molecule has 13 heavy (non-hydrogen) atoms. The SMILES string of the molecule is C=C/C=C(\C=C)Nc1ccccc1.[HH]. The highest BCUT2D eigenvalue weighted by molar-refractivity contribution is 5.50. The lowest BCUT2D eigenvalue weighted by molar-refractivity contribution is 1.48. The van der Waals surface area contributed by atoms with Crippen molar-refractivity contribution in [2.24, 2.45) is 0 Å². The zero-order valence-electron chi connectivity index (χ0n) is 7.53. The minimum Gasteiger partial charge on any atom is -0.356 e. The number of allylic oxidation sites excluding steroid dienone is 3. The molecule has 0 atom stereocenters. The van der Waals surface area contributed by atoms with Crippen molar-refractivity contribution in [2.75, 3.05) is 5.32 Å². The molecule has 0 saturated carbocycles. The number of hydrogen-bond donors (Lipinski definition) is 1. The van der Waals surface area contributed by atoms with Gasteiger partial charge in [0.2, 0.25) is 0 Å². The van der Waals surface area contributed by atoms with Gasteiger partial charge in [0, 0.05) is 12.8 Å². The van der Waals surface area contributed by atoms with Gasteiger partial charge in [0.15, 0.2) is 0 Å². The van der Waals surface area contributed by atoms with Crippen molar-refractivity contribution in [1.29, 1.82) is 0 Å². The van der Waals surface area contributed by atoms with Crippen LogP contribution in [0.3, 0.4) is 0 Å². The summed E-state index contributed by atoms with van der Waals surface area (Å²) in [4.78, 5) is 0. The van der Waals surface area contributed by atoms with E-state index < -0.39 is 0 Å². The highest BCUT2D eigenvalue weighted by Gasteiger charge is 1.90. The molecule has 0 aliphatic carbocycles. The van der Waals surface area contributed by atoms with Gasteiger partial charge in [-0.3, -0.25) is 0 Å². The first-order valence-electron chi connectivity index (χ1n) is 4.14. The summed E-state index contributed by atoms with van der Waals surface area (Å²) in [5.41, 5.74) is 2.00. The Morgan fingerprint density at radius 3 is 2.46 bits per heavy atom. The smallest absolute Gasteiger partial charge is 0.0384 e. The molecule has 0 radical (unpaired) electrons. The molecule has 0 aliphatic rings. The molecule has 0 unspecified atom stereocenters. The lowest BCUT2D eigenvalue weighted by Crippen LogP contribution is -1.95. The van der Waals surface area contributed by atoms with Crippen LogP contribution in [0.25, 0.3) is 0 Å². The van der Waals surface area contributed by atoms with Crippen molar-refractivity contribution in [2.45, 2.75) is 0 Å². The van der Waals surface area contributed by atoms with Crippen LogP contribution in [-0.4, -0.2) is 0 Å². The van der Waals surface area contributed by atoms with Crippen LogP contribution in [0.5, 0.6) is 0 Å². The van der Waals surface area contributed by atoms with E-state index in [1.807, 2.05) is 36.4 Å². The number of anilines is 1. The molecule has 0 aromatic heterocycles.